The predicted octanol–water partition coefficient (Wildman–Crippen LogP) is 1.15. The minimum absolute atomic E-state index is 0.122. The number of rotatable bonds is 6. The van der Waals surface area contributed by atoms with Crippen molar-refractivity contribution in [2.45, 2.75) is 26.0 Å². The summed E-state index contributed by atoms with van der Waals surface area (Å²) in [7, 11) is 0. The number of carbonyl (C=O) groups excluding carboxylic acids is 1. The Morgan fingerprint density at radius 1 is 1.41 bits per heavy atom. The number of carbonyl (C=O) groups is 1. The molecule has 1 amide bonds. The number of nitrogens with zero attached hydrogens (tertiary/aromatic N) is 3. The van der Waals surface area contributed by atoms with Crippen molar-refractivity contribution in [3.63, 3.8) is 0 Å². The van der Waals surface area contributed by atoms with Crippen molar-refractivity contribution in [2.75, 3.05) is 38.2 Å². The van der Waals surface area contributed by atoms with Crippen molar-refractivity contribution in [2.24, 2.45) is 0 Å². The summed E-state index contributed by atoms with van der Waals surface area (Å²) >= 11 is 1.65. The molecule has 2 rings (SSSR count). The number of hydrogen-bond acceptors (Lipinski definition) is 5. The van der Waals surface area contributed by atoms with Gasteiger partial charge in [-0.15, -0.1) is 0 Å². The molecule has 0 spiro atoms. The molecular formula is C16H25N3O2S. The van der Waals surface area contributed by atoms with Gasteiger partial charge in [0.05, 0.1) is 5.69 Å². The average molecular weight is 323 g/mol. The molecule has 0 saturated carbocycles. The van der Waals surface area contributed by atoms with Gasteiger partial charge in [-0.25, -0.2) is 0 Å². The second kappa shape index (κ2) is 8.50. The smallest absolute Gasteiger partial charge is 0.251 e. The van der Waals surface area contributed by atoms with Crippen LogP contribution in [0, 0.1) is 6.92 Å². The first-order valence-electron chi connectivity index (χ1n) is 7.70. The zero-order chi connectivity index (χ0) is 15.9. The Kier molecular flexibility index (Phi) is 6.67. The van der Waals surface area contributed by atoms with E-state index in [9.17, 15) is 9.90 Å². The van der Waals surface area contributed by atoms with Gasteiger partial charge in [-0.05, 0) is 37.0 Å². The summed E-state index contributed by atoms with van der Waals surface area (Å²) < 4.78 is 0. The topological polar surface area (TPSA) is 56.7 Å². The summed E-state index contributed by atoms with van der Waals surface area (Å²) in [5.74, 6) is 0.689. The van der Waals surface area contributed by atoms with E-state index in [0.29, 0.717) is 19.5 Å². The molecule has 1 N–H and O–H groups in total. The van der Waals surface area contributed by atoms with Crippen LogP contribution < -0.4 is 0 Å². The van der Waals surface area contributed by atoms with Crippen molar-refractivity contribution in [1.82, 2.24) is 14.8 Å². The second-order valence-corrected chi connectivity index (χ2v) is 6.65. The number of amides is 1. The van der Waals surface area contributed by atoms with Gasteiger partial charge in [0, 0.05) is 38.9 Å². The van der Waals surface area contributed by atoms with Crippen LogP contribution in [-0.2, 0) is 11.3 Å². The number of hydrogen-bond donors (Lipinski definition) is 1. The Morgan fingerprint density at radius 3 is 2.77 bits per heavy atom. The Balaban J connectivity index is 1.80. The molecule has 1 aliphatic rings. The molecule has 22 heavy (non-hydrogen) atoms. The summed E-state index contributed by atoms with van der Waals surface area (Å²) in [6, 6.07) is 4.02. The molecule has 0 aromatic carbocycles. The van der Waals surface area contributed by atoms with Crippen LogP contribution in [0.2, 0.25) is 0 Å². The van der Waals surface area contributed by atoms with Crippen molar-refractivity contribution >= 4 is 17.7 Å². The third kappa shape index (κ3) is 4.69. The Labute approximate surface area is 136 Å². The minimum Gasteiger partial charge on any atom is -0.383 e. The van der Waals surface area contributed by atoms with Crippen LogP contribution in [0.1, 0.15) is 17.7 Å². The molecule has 0 bridgehead atoms. The highest BCUT2D eigenvalue weighted by atomic mass is 32.2. The van der Waals surface area contributed by atoms with Gasteiger partial charge in [0.15, 0.2) is 0 Å². The number of aryl methyl sites for hydroxylation is 1. The first-order chi connectivity index (χ1) is 10.6. The van der Waals surface area contributed by atoms with Crippen LogP contribution in [0.15, 0.2) is 18.3 Å². The molecule has 1 saturated heterocycles. The monoisotopic (exact) mass is 323 g/mol. The molecule has 0 unspecified atom stereocenters. The molecule has 5 nitrogen and oxygen atoms in total. The number of thioether (sulfide) groups is 1. The number of aromatic nitrogens is 1. The fourth-order valence-corrected chi connectivity index (χ4v) is 3.04. The van der Waals surface area contributed by atoms with Gasteiger partial charge in [0.1, 0.15) is 6.10 Å². The van der Waals surface area contributed by atoms with E-state index in [1.165, 1.54) is 5.56 Å². The van der Waals surface area contributed by atoms with Crippen molar-refractivity contribution in [1.29, 1.82) is 0 Å². The van der Waals surface area contributed by atoms with E-state index in [1.54, 1.807) is 16.7 Å². The first-order valence-corrected chi connectivity index (χ1v) is 9.10. The maximum Gasteiger partial charge on any atom is 0.251 e. The molecule has 2 heterocycles. The van der Waals surface area contributed by atoms with Gasteiger partial charge in [-0.2, -0.15) is 11.8 Å². The van der Waals surface area contributed by atoms with Crippen molar-refractivity contribution in [3.8, 4) is 0 Å². The van der Waals surface area contributed by atoms with Crippen molar-refractivity contribution in [3.05, 3.63) is 29.6 Å². The zero-order valence-corrected chi connectivity index (χ0v) is 14.2. The van der Waals surface area contributed by atoms with E-state index < -0.39 is 6.10 Å². The lowest BCUT2D eigenvalue weighted by molar-refractivity contribution is -0.142. The van der Waals surface area contributed by atoms with Gasteiger partial charge in [0.25, 0.3) is 5.91 Å². The average Bonchev–Trinajstić information content (AvgIpc) is 2.55. The van der Waals surface area contributed by atoms with Crippen LogP contribution in [0.4, 0.5) is 0 Å². The van der Waals surface area contributed by atoms with E-state index in [1.807, 2.05) is 18.5 Å². The fraction of sp³-hybridized carbons (Fsp3) is 0.625. The standard InChI is InChI=1S/C16H25N3O2S/c1-13-4-3-6-17-14(13)12-18-7-9-19(10-8-18)16(21)15(20)5-11-22-2/h3-4,6,15,20H,5,7-12H2,1-2H3/t15-/m1/s1. The second-order valence-electron chi connectivity index (χ2n) is 5.67. The molecule has 1 aliphatic heterocycles. The number of pyridine rings is 1. The lowest BCUT2D eigenvalue weighted by atomic mass is 10.2. The SMILES string of the molecule is CSCC[C@@H](O)C(=O)N1CCN(Cc2ncccc2C)CC1. The quantitative estimate of drug-likeness (QED) is 0.851. The number of aliphatic hydroxyl groups is 1. The third-order valence-corrected chi connectivity index (χ3v) is 4.70. The summed E-state index contributed by atoms with van der Waals surface area (Å²) in [5, 5.41) is 9.91. The molecule has 1 fully saturated rings. The first kappa shape index (κ1) is 17.2. The predicted molar refractivity (Wildman–Crippen MR) is 89.8 cm³/mol. The highest BCUT2D eigenvalue weighted by Gasteiger charge is 2.26. The highest BCUT2D eigenvalue weighted by Crippen LogP contribution is 2.12. The van der Waals surface area contributed by atoms with Gasteiger partial charge in [-0.3, -0.25) is 14.7 Å². The molecule has 1 atom stereocenters. The third-order valence-electron chi connectivity index (χ3n) is 4.06. The van der Waals surface area contributed by atoms with Crippen LogP contribution in [0.3, 0.4) is 0 Å². The van der Waals surface area contributed by atoms with Crippen LogP contribution in [0.25, 0.3) is 0 Å². The number of piperazine rings is 1. The van der Waals surface area contributed by atoms with E-state index in [0.717, 1.165) is 31.1 Å². The highest BCUT2D eigenvalue weighted by molar-refractivity contribution is 7.98. The van der Waals surface area contributed by atoms with E-state index in [-0.39, 0.29) is 5.91 Å². The van der Waals surface area contributed by atoms with Crippen LogP contribution in [-0.4, -0.2) is 70.1 Å². The summed E-state index contributed by atoms with van der Waals surface area (Å²) in [5.41, 5.74) is 2.30. The number of aliphatic hydroxyl groups excluding tert-OH is 1. The molecule has 0 aliphatic carbocycles. The maximum absolute atomic E-state index is 12.2. The molecular weight excluding hydrogens is 298 g/mol. The maximum atomic E-state index is 12.2. The summed E-state index contributed by atoms with van der Waals surface area (Å²) in [6.45, 7) is 5.92. The van der Waals surface area contributed by atoms with Gasteiger partial charge >= 0.3 is 0 Å². The molecule has 122 valence electrons. The van der Waals surface area contributed by atoms with Crippen molar-refractivity contribution < 1.29 is 9.90 Å². The molecule has 6 heteroatoms. The molecule has 0 radical (unpaired) electrons. The fourth-order valence-electron chi connectivity index (χ4n) is 2.59. The molecule has 1 aromatic rings. The zero-order valence-electron chi connectivity index (χ0n) is 13.4. The summed E-state index contributed by atoms with van der Waals surface area (Å²) in [6.07, 6.45) is 3.49. The van der Waals surface area contributed by atoms with Crippen LogP contribution >= 0.6 is 11.8 Å². The van der Waals surface area contributed by atoms with E-state index in [2.05, 4.69) is 22.9 Å². The van der Waals surface area contributed by atoms with E-state index in [4.69, 9.17) is 0 Å². The van der Waals surface area contributed by atoms with Crippen LogP contribution in [0.5, 0.6) is 0 Å². The lowest BCUT2D eigenvalue weighted by Crippen LogP contribution is -2.51. The lowest BCUT2D eigenvalue weighted by Gasteiger charge is -2.35. The largest absolute Gasteiger partial charge is 0.383 e. The normalized spacial score (nSPS) is 17.5. The van der Waals surface area contributed by atoms with Gasteiger partial charge in [-0.1, -0.05) is 6.07 Å². The van der Waals surface area contributed by atoms with E-state index >= 15 is 0 Å². The summed E-state index contributed by atoms with van der Waals surface area (Å²) in [4.78, 5) is 20.7. The van der Waals surface area contributed by atoms with Gasteiger partial charge in [0.2, 0.25) is 0 Å². The Hall–Kier alpha value is -1.11. The molecule has 1 aromatic heterocycles. The minimum atomic E-state index is -0.850. The Bertz CT molecular complexity index is 490. The Morgan fingerprint density at radius 2 is 2.14 bits per heavy atom. The van der Waals surface area contributed by atoms with Gasteiger partial charge < -0.3 is 10.0 Å².